The molecule has 0 aliphatic carbocycles. The smallest absolute Gasteiger partial charge is 0.192 e. The topological polar surface area (TPSA) is 29.5 Å². The van der Waals surface area contributed by atoms with Gasteiger partial charge in [-0.2, -0.15) is 0 Å². The van der Waals surface area contributed by atoms with Crippen molar-refractivity contribution in [1.29, 1.82) is 0 Å². The lowest BCUT2D eigenvalue weighted by Gasteiger charge is -2.36. The molecule has 0 heterocycles. The SMILES string of the molecule is C#C/C=C(\C#CCO)CO[Si](C)(C)C(C)(C)C. The first-order chi connectivity index (χ1) is 7.74. The van der Waals surface area contributed by atoms with Crippen LogP contribution in [0.4, 0.5) is 0 Å². The summed E-state index contributed by atoms with van der Waals surface area (Å²) in [6, 6.07) is 0. The van der Waals surface area contributed by atoms with E-state index in [1.165, 1.54) is 0 Å². The van der Waals surface area contributed by atoms with Crippen molar-refractivity contribution in [2.24, 2.45) is 0 Å². The Labute approximate surface area is 106 Å². The molecular formula is C14H22O2Si. The minimum absolute atomic E-state index is 0.165. The lowest BCUT2D eigenvalue weighted by molar-refractivity contribution is 0.322. The Bertz CT molecular complexity index is 370. The number of hydrogen-bond acceptors (Lipinski definition) is 2. The maximum absolute atomic E-state index is 8.66. The van der Waals surface area contributed by atoms with Crippen LogP contribution in [0.1, 0.15) is 20.8 Å². The summed E-state index contributed by atoms with van der Waals surface area (Å²) in [6.07, 6.45) is 6.82. The predicted molar refractivity (Wildman–Crippen MR) is 74.9 cm³/mol. The minimum atomic E-state index is -1.78. The molecule has 0 aromatic carbocycles. The zero-order valence-electron chi connectivity index (χ0n) is 11.4. The fourth-order valence-corrected chi connectivity index (χ4v) is 1.79. The van der Waals surface area contributed by atoms with E-state index < -0.39 is 8.32 Å². The summed E-state index contributed by atoms with van der Waals surface area (Å²) in [5, 5.41) is 8.82. The van der Waals surface area contributed by atoms with Gasteiger partial charge in [0, 0.05) is 11.6 Å². The van der Waals surface area contributed by atoms with Crippen LogP contribution in [-0.4, -0.2) is 26.6 Å². The highest BCUT2D eigenvalue weighted by molar-refractivity contribution is 6.74. The highest BCUT2D eigenvalue weighted by atomic mass is 28.4. The molecule has 0 aliphatic heterocycles. The van der Waals surface area contributed by atoms with Crippen molar-refractivity contribution in [2.75, 3.05) is 13.2 Å². The Morgan fingerprint density at radius 1 is 1.41 bits per heavy atom. The van der Waals surface area contributed by atoms with Gasteiger partial charge in [-0.3, -0.25) is 0 Å². The average Bonchev–Trinajstić information content (AvgIpc) is 2.20. The number of rotatable bonds is 3. The third kappa shape index (κ3) is 5.75. The molecule has 0 atom stereocenters. The largest absolute Gasteiger partial charge is 0.412 e. The zero-order chi connectivity index (χ0) is 13.5. The number of aliphatic hydroxyl groups is 1. The number of allylic oxidation sites excluding steroid dienone is 1. The van der Waals surface area contributed by atoms with E-state index in [0.29, 0.717) is 6.61 Å². The van der Waals surface area contributed by atoms with Gasteiger partial charge in [-0.15, -0.1) is 6.42 Å². The Hall–Kier alpha value is -1.00. The number of hydrogen-bond donors (Lipinski definition) is 1. The van der Waals surface area contributed by atoms with Crippen molar-refractivity contribution in [1.82, 2.24) is 0 Å². The molecule has 0 radical (unpaired) electrons. The van der Waals surface area contributed by atoms with Gasteiger partial charge in [-0.1, -0.05) is 38.5 Å². The third-order valence-electron chi connectivity index (χ3n) is 2.98. The predicted octanol–water partition coefficient (Wildman–Crippen LogP) is 2.56. The first-order valence-corrected chi connectivity index (χ1v) is 8.54. The maximum Gasteiger partial charge on any atom is 0.192 e. The van der Waals surface area contributed by atoms with Crippen molar-refractivity contribution >= 4 is 8.32 Å². The van der Waals surface area contributed by atoms with Crippen LogP contribution in [0.3, 0.4) is 0 Å². The molecule has 0 amide bonds. The second kappa shape index (κ2) is 6.66. The molecule has 3 heteroatoms. The third-order valence-corrected chi connectivity index (χ3v) is 7.46. The van der Waals surface area contributed by atoms with Crippen molar-refractivity contribution in [3.05, 3.63) is 11.6 Å². The van der Waals surface area contributed by atoms with Crippen LogP contribution in [0.5, 0.6) is 0 Å². The van der Waals surface area contributed by atoms with Crippen molar-refractivity contribution in [2.45, 2.75) is 38.9 Å². The van der Waals surface area contributed by atoms with Gasteiger partial charge in [0.1, 0.15) is 6.61 Å². The van der Waals surface area contributed by atoms with E-state index in [2.05, 4.69) is 51.6 Å². The zero-order valence-corrected chi connectivity index (χ0v) is 12.4. The fraction of sp³-hybridized carbons (Fsp3) is 0.571. The van der Waals surface area contributed by atoms with E-state index in [1.54, 1.807) is 6.08 Å². The fourth-order valence-electron chi connectivity index (χ4n) is 0.842. The molecule has 0 unspecified atom stereocenters. The maximum atomic E-state index is 8.66. The Balaban J connectivity index is 4.64. The Morgan fingerprint density at radius 3 is 2.41 bits per heavy atom. The van der Waals surface area contributed by atoms with Crippen LogP contribution >= 0.6 is 0 Å². The summed E-state index contributed by atoms with van der Waals surface area (Å²) in [6.45, 7) is 11.2. The van der Waals surface area contributed by atoms with Gasteiger partial charge in [-0.25, -0.2) is 0 Å². The first kappa shape index (κ1) is 16.0. The second-order valence-electron chi connectivity index (χ2n) is 5.35. The molecule has 0 spiro atoms. The van der Waals surface area contributed by atoms with Crippen LogP contribution in [0, 0.1) is 24.2 Å². The van der Waals surface area contributed by atoms with Crippen LogP contribution < -0.4 is 0 Å². The Kier molecular flexibility index (Phi) is 6.27. The number of aliphatic hydroxyl groups excluding tert-OH is 1. The molecular weight excluding hydrogens is 228 g/mol. The van der Waals surface area contributed by atoms with E-state index >= 15 is 0 Å². The van der Waals surface area contributed by atoms with Gasteiger partial charge in [0.05, 0.1) is 6.61 Å². The van der Waals surface area contributed by atoms with Gasteiger partial charge < -0.3 is 9.53 Å². The molecule has 0 aliphatic rings. The van der Waals surface area contributed by atoms with Crippen molar-refractivity contribution in [3.8, 4) is 24.2 Å². The van der Waals surface area contributed by atoms with E-state index in [0.717, 1.165) is 5.57 Å². The summed E-state index contributed by atoms with van der Waals surface area (Å²) >= 11 is 0. The standard InChI is InChI=1S/C14H22O2Si/c1-7-9-13(10-8-11-15)12-16-17(5,6)14(2,3)4/h1,9,15H,11-12H2,2-6H3/b13-9+. The summed E-state index contributed by atoms with van der Waals surface area (Å²) in [4.78, 5) is 0. The molecule has 0 fully saturated rings. The molecule has 0 aromatic rings. The van der Waals surface area contributed by atoms with Gasteiger partial charge in [0.25, 0.3) is 0 Å². The van der Waals surface area contributed by atoms with Gasteiger partial charge in [0.15, 0.2) is 8.32 Å². The number of terminal acetylenes is 1. The van der Waals surface area contributed by atoms with Crippen molar-refractivity contribution in [3.63, 3.8) is 0 Å². The molecule has 0 aromatic heterocycles. The molecule has 1 N–H and O–H groups in total. The van der Waals surface area contributed by atoms with Crippen molar-refractivity contribution < 1.29 is 9.53 Å². The summed E-state index contributed by atoms with van der Waals surface area (Å²) in [7, 11) is -1.78. The molecule has 0 saturated heterocycles. The van der Waals surface area contributed by atoms with Gasteiger partial charge in [-0.05, 0) is 18.1 Å². The minimum Gasteiger partial charge on any atom is -0.412 e. The van der Waals surface area contributed by atoms with Crippen LogP contribution in [-0.2, 0) is 4.43 Å². The lowest BCUT2D eigenvalue weighted by Crippen LogP contribution is -2.41. The van der Waals surface area contributed by atoms with Crippen LogP contribution in [0.2, 0.25) is 18.1 Å². The summed E-state index contributed by atoms with van der Waals surface area (Å²) in [5.74, 6) is 7.84. The van der Waals surface area contributed by atoms with E-state index in [1.807, 2.05) is 0 Å². The van der Waals surface area contributed by atoms with E-state index in [4.69, 9.17) is 16.0 Å². The average molecular weight is 250 g/mol. The van der Waals surface area contributed by atoms with Gasteiger partial charge >= 0.3 is 0 Å². The van der Waals surface area contributed by atoms with Gasteiger partial charge in [0.2, 0.25) is 0 Å². The Morgan fingerprint density at radius 2 is 2.00 bits per heavy atom. The van der Waals surface area contributed by atoms with E-state index in [9.17, 15) is 0 Å². The van der Waals surface area contributed by atoms with E-state index in [-0.39, 0.29) is 11.6 Å². The molecule has 0 rings (SSSR count). The summed E-state index contributed by atoms with van der Waals surface area (Å²) in [5.41, 5.74) is 0.742. The molecule has 17 heavy (non-hydrogen) atoms. The molecule has 0 saturated carbocycles. The molecule has 0 bridgehead atoms. The normalized spacial score (nSPS) is 12.6. The quantitative estimate of drug-likeness (QED) is 0.616. The summed E-state index contributed by atoms with van der Waals surface area (Å²) < 4.78 is 6.00. The molecule has 2 nitrogen and oxygen atoms in total. The van der Waals surface area contributed by atoms with Crippen LogP contribution in [0.25, 0.3) is 0 Å². The molecule has 94 valence electrons. The lowest BCUT2D eigenvalue weighted by atomic mass is 10.2. The highest BCUT2D eigenvalue weighted by Gasteiger charge is 2.37. The highest BCUT2D eigenvalue weighted by Crippen LogP contribution is 2.36. The monoisotopic (exact) mass is 250 g/mol. The second-order valence-corrected chi connectivity index (χ2v) is 10.2. The first-order valence-electron chi connectivity index (χ1n) is 5.63. The van der Waals surface area contributed by atoms with Crippen LogP contribution in [0.15, 0.2) is 11.6 Å².